The van der Waals surface area contributed by atoms with E-state index in [2.05, 4.69) is 18.7 Å². The minimum absolute atomic E-state index is 0.367. The van der Waals surface area contributed by atoms with Crippen LogP contribution in [0.1, 0.15) is 24.2 Å². The van der Waals surface area contributed by atoms with Gasteiger partial charge in [-0.25, -0.2) is 4.79 Å². The molecule has 0 saturated carbocycles. The summed E-state index contributed by atoms with van der Waals surface area (Å²) >= 11 is 0. The summed E-state index contributed by atoms with van der Waals surface area (Å²) in [6.07, 6.45) is 0. The number of benzene rings is 1. The van der Waals surface area contributed by atoms with Crippen LogP contribution in [0.3, 0.4) is 0 Å². The highest BCUT2D eigenvalue weighted by molar-refractivity contribution is 5.92. The normalized spacial score (nSPS) is 10.4. The van der Waals surface area contributed by atoms with Gasteiger partial charge in [0.15, 0.2) is 0 Å². The quantitative estimate of drug-likeness (QED) is 0.696. The van der Waals surface area contributed by atoms with E-state index in [1.165, 1.54) is 7.11 Å². The Balaban J connectivity index is 2.59. The van der Waals surface area contributed by atoms with Gasteiger partial charge in [-0.1, -0.05) is 26.0 Å². The van der Waals surface area contributed by atoms with Crippen LogP contribution < -0.4 is 4.74 Å². The summed E-state index contributed by atoms with van der Waals surface area (Å²) in [5.74, 6) is 0.213. The molecule has 0 heterocycles. The molecule has 18 heavy (non-hydrogen) atoms. The average molecular weight is 251 g/mol. The second-order valence-electron chi connectivity index (χ2n) is 3.86. The number of nitrogens with zero attached hydrogens (tertiary/aromatic N) is 1. The Morgan fingerprint density at radius 2 is 1.89 bits per heavy atom. The number of likely N-dealkylation sites (N-methyl/N-ethyl adjacent to an activating group) is 1. The lowest BCUT2D eigenvalue weighted by atomic mass is 10.2. The van der Waals surface area contributed by atoms with E-state index in [1.54, 1.807) is 18.2 Å². The number of carbonyl (C=O) groups is 1. The molecule has 4 heteroatoms. The maximum absolute atomic E-state index is 11.5. The Morgan fingerprint density at radius 3 is 2.50 bits per heavy atom. The molecule has 0 fully saturated rings. The van der Waals surface area contributed by atoms with Gasteiger partial charge in [-0.05, 0) is 25.2 Å². The van der Waals surface area contributed by atoms with Gasteiger partial charge < -0.3 is 14.4 Å². The van der Waals surface area contributed by atoms with E-state index in [1.807, 2.05) is 6.07 Å². The monoisotopic (exact) mass is 251 g/mol. The van der Waals surface area contributed by atoms with E-state index in [4.69, 9.17) is 9.47 Å². The van der Waals surface area contributed by atoms with Crippen LogP contribution >= 0.6 is 0 Å². The van der Waals surface area contributed by atoms with E-state index in [0.717, 1.165) is 19.6 Å². The van der Waals surface area contributed by atoms with E-state index in [9.17, 15) is 4.79 Å². The minimum atomic E-state index is -0.367. The number of hydrogen-bond donors (Lipinski definition) is 0. The van der Waals surface area contributed by atoms with Crippen LogP contribution in [0.4, 0.5) is 0 Å². The number of carbonyl (C=O) groups excluding carboxylic acids is 1. The summed E-state index contributed by atoms with van der Waals surface area (Å²) in [5, 5.41) is 0. The molecule has 100 valence electrons. The first kappa shape index (κ1) is 14.5. The van der Waals surface area contributed by atoms with Crippen molar-refractivity contribution < 1.29 is 14.3 Å². The van der Waals surface area contributed by atoms with E-state index >= 15 is 0 Å². The first-order chi connectivity index (χ1) is 8.72. The number of rotatable bonds is 7. The van der Waals surface area contributed by atoms with Gasteiger partial charge in [0, 0.05) is 6.54 Å². The molecule has 0 aliphatic carbocycles. The van der Waals surface area contributed by atoms with Crippen LogP contribution in [0, 0.1) is 0 Å². The molecule has 0 unspecified atom stereocenters. The van der Waals surface area contributed by atoms with Gasteiger partial charge in [0.2, 0.25) is 0 Å². The van der Waals surface area contributed by atoms with Crippen molar-refractivity contribution in [3.63, 3.8) is 0 Å². The lowest BCUT2D eigenvalue weighted by Crippen LogP contribution is -2.28. The fourth-order valence-corrected chi connectivity index (χ4v) is 1.70. The minimum Gasteiger partial charge on any atom is -0.491 e. The third kappa shape index (κ3) is 4.04. The van der Waals surface area contributed by atoms with Crippen LogP contribution in [0.5, 0.6) is 5.75 Å². The number of para-hydroxylation sites is 1. The molecular weight excluding hydrogens is 230 g/mol. The highest BCUT2D eigenvalue weighted by Gasteiger charge is 2.12. The molecule has 0 aliphatic rings. The number of ether oxygens (including phenoxy) is 2. The zero-order valence-electron chi connectivity index (χ0n) is 11.3. The second-order valence-corrected chi connectivity index (χ2v) is 3.86. The van der Waals surface area contributed by atoms with Gasteiger partial charge in [-0.3, -0.25) is 0 Å². The van der Waals surface area contributed by atoms with Crippen molar-refractivity contribution in [2.45, 2.75) is 13.8 Å². The number of esters is 1. The largest absolute Gasteiger partial charge is 0.491 e. The highest BCUT2D eigenvalue weighted by atomic mass is 16.5. The van der Waals surface area contributed by atoms with Crippen LogP contribution in [-0.2, 0) is 4.74 Å². The fourth-order valence-electron chi connectivity index (χ4n) is 1.70. The first-order valence-electron chi connectivity index (χ1n) is 6.25. The standard InChI is InChI=1S/C14H21NO3/c1-4-15(5-2)10-11-18-13-9-7-6-8-12(13)14(16)17-3/h6-9H,4-5,10-11H2,1-3H3. The summed E-state index contributed by atoms with van der Waals surface area (Å²) in [4.78, 5) is 13.8. The summed E-state index contributed by atoms with van der Waals surface area (Å²) in [6, 6.07) is 7.13. The van der Waals surface area contributed by atoms with E-state index in [0.29, 0.717) is 17.9 Å². The Morgan fingerprint density at radius 1 is 1.22 bits per heavy atom. The Labute approximate surface area is 108 Å². The molecule has 0 radical (unpaired) electrons. The first-order valence-corrected chi connectivity index (χ1v) is 6.25. The highest BCUT2D eigenvalue weighted by Crippen LogP contribution is 2.18. The van der Waals surface area contributed by atoms with Gasteiger partial charge >= 0.3 is 5.97 Å². The SMILES string of the molecule is CCN(CC)CCOc1ccccc1C(=O)OC. The molecule has 4 nitrogen and oxygen atoms in total. The van der Waals surface area contributed by atoms with Crippen molar-refractivity contribution in [2.75, 3.05) is 33.4 Å². The van der Waals surface area contributed by atoms with Crippen molar-refractivity contribution in [1.82, 2.24) is 4.90 Å². The van der Waals surface area contributed by atoms with E-state index < -0.39 is 0 Å². The zero-order chi connectivity index (χ0) is 13.4. The Kier molecular flexibility index (Phi) is 6.22. The predicted molar refractivity (Wildman–Crippen MR) is 71.1 cm³/mol. The molecule has 0 saturated heterocycles. The molecule has 0 atom stereocenters. The Bertz CT molecular complexity index is 375. The van der Waals surface area contributed by atoms with Gasteiger partial charge in [-0.2, -0.15) is 0 Å². The Hall–Kier alpha value is -1.55. The van der Waals surface area contributed by atoms with Gasteiger partial charge in [0.1, 0.15) is 17.9 Å². The average Bonchev–Trinajstić information content (AvgIpc) is 2.43. The van der Waals surface area contributed by atoms with Crippen LogP contribution in [0.2, 0.25) is 0 Å². The molecule has 0 aromatic heterocycles. The van der Waals surface area contributed by atoms with Gasteiger partial charge in [-0.15, -0.1) is 0 Å². The number of hydrogen-bond acceptors (Lipinski definition) is 4. The molecule has 1 rings (SSSR count). The topological polar surface area (TPSA) is 38.8 Å². The summed E-state index contributed by atoms with van der Waals surface area (Å²) in [5.41, 5.74) is 0.472. The van der Waals surface area contributed by atoms with E-state index in [-0.39, 0.29) is 5.97 Å². The fraction of sp³-hybridized carbons (Fsp3) is 0.500. The predicted octanol–water partition coefficient (Wildman–Crippen LogP) is 2.19. The third-order valence-corrected chi connectivity index (χ3v) is 2.85. The summed E-state index contributed by atoms with van der Waals surface area (Å²) < 4.78 is 10.4. The molecular formula is C14H21NO3. The summed E-state index contributed by atoms with van der Waals surface area (Å²) in [6.45, 7) is 7.65. The molecule has 0 bridgehead atoms. The summed E-state index contributed by atoms with van der Waals surface area (Å²) in [7, 11) is 1.37. The van der Waals surface area contributed by atoms with Crippen LogP contribution in [0.15, 0.2) is 24.3 Å². The molecule has 0 aliphatic heterocycles. The van der Waals surface area contributed by atoms with Crippen molar-refractivity contribution in [3.8, 4) is 5.75 Å². The lowest BCUT2D eigenvalue weighted by molar-refractivity contribution is 0.0595. The van der Waals surface area contributed by atoms with Gasteiger partial charge in [0.05, 0.1) is 7.11 Å². The van der Waals surface area contributed by atoms with Crippen molar-refractivity contribution >= 4 is 5.97 Å². The van der Waals surface area contributed by atoms with Crippen molar-refractivity contribution in [1.29, 1.82) is 0 Å². The van der Waals surface area contributed by atoms with Crippen LogP contribution in [-0.4, -0.2) is 44.2 Å². The molecule has 1 aromatic rings. The number of methoxy groups -OCH3 is 1. The molecule has 1 aromatic carbocycles. The third-order valence-electron chi connectivity index (χ3n) is 2.85. The molecule has 0 N–H and O–H groups in total. The maximum atomic E-state index is 11.5. The van der Waals surface area contributed by atoms with Crippen molar-refractivity contribution in [2.24, 2.45) is 0 Å². The zero-order valence-corrected chi connectivity index (χ0v) is 11.3. The molecule has 0 spiro atoms. The van der Waals surface area contributed by atoms with Crippen molar-refractivity contribution in [3.05, 3.63) is 29.8 Å². The second kappa shape index (κ2) is 7.71. The lowest BCUT2D eigenvalue weighted by Gasteiger charge is -2.18. The maximum Gasteiger partial charge on any atom is 0.341 e. The smallest absolute Gasteiger partial charge is 0.341 e. The van der Waals surface area contributed by atoms with Gasteiger partial charge in [0.25, 0.3) is 0 Å². The van der Waals surface area contributed by atoms with Crippen LogP contribution in [0.25, 0.3) is 0 Å². The molecule has 0 amide bonds.